The summed E-state index contributed by atoms with van der Waals surface area (Å²) in [7, 11) is 0.904. The third-order valence-electron chi connectivity index (χ3n) is 9.95. The van der Waals surface area contributed by atoms with Gasteiger partial charge in [0.25, 0.3) is 0 Å². The highest BCUT2D eigenvalue weighted by molar-refractivity contribution is 7.89. The van der Waals surface area contributed by atoms with E-state index in [1.165, 1.54) is 62.5 Å². The molecule has 0 spiro atoms. The number of benzene rings is 3. The Bertz CT molecular complexity index is 2230. The highest BCUT2D eigenvalue weighted by Gasteiger charge is 2.33. The topological polar surface area (TPSA) is 304 Å². The first kappa shape index (κ1) is 52.7. The molecule has 0 saturated carbocycles. The summed E-state index contributed by atoms with van der Waals surface area (Å²) < 4.78 is 30.1. The summed E-state index contributed by atoms with van der Waals surface area (Å²) in [6.07, 6.45) is 0.184. The van der Waals surface area contributed by atoms with E-state index in [1.54, 1.807) is 26.0 Å². The Kier molecular flexibility index (Phi) is 20.3. The largest absolute Gasteiger partial charge is 0.508 e. The van der Waals surface area contributed by atoms with Crippen LogP contribution in [0.2, 0.25) is 0 Å². The number of hydrogen-bond donors (Lipinski definition) is 9. The van der Waals surface area contributed by atoms with E-state index in [9.17, 15) is 37.5 Å². The second-order valence-corrected chi connectivity index (χ2v) is 18.1. The number of anilines is 1. The highest BCUT2D eigenvalue weighted by Crippen LogP contribution is 2.23. The van der Waals surface area contributed by atoms with Crippen molar-refractivity contribution in [1.82, 2.24) is 31.3 Å². The first-order valence-corrected chi connectivity index (χ1v) is 22.7. The zero-order chi connectivity index (χ0) is 48.4. The smallest absolute Gasteiger partial charge is 0.243 e. The average molecular weight is 921 g/mol. The molecular formula is C44H64N12O8S. The van der Waals surface area contributed by atoms with E-state index in [2.05, 4.69) is 46.5 Å². The van der Waals surface area contributed by atoms with Crippen molar-refractivity contribution in [3.8, 4) is 5.75 Å². The van der Waals surface area contributed by atoms with E-state index in [0.717, 1.165) is 5.69 Å². The summed E-state index contributed by atoms with van der Waals surface area (Å²) in [6, 6.07) is 12.8. The second kappa shape index (κ2) is 25.0. The van der Waals surface area contributed by atoms with Gasteiger partial charge in [0.05, 0.1) is 16.3 Å². The number of hydrogen-bond acceptors (Lipinski definition) is 12. The Morgan fingerprint density at radius 1 is 0.692 bits per heavy atom. The molecule has 0 aliphatic carbocycles. The number of nitrogens with two attached hydrogens (primary N) is 2. The lowest BCUT2D eigenvalue weighted by Crippen LogP contribution is -2.59. The van der Waals surface area contributed by atoms with Gasteiger partial charge in [0, 0.05) is 33.4 Å². The van der Waals surface area contributed by atoms with Crippen molar-refractivity contribution in [2.24, 2.45) is 38.5 Å². The zero-order valence-corrected chi connectivity index (χ0v) is 39.0. The minimum absolute atomic E-state index is 0.0361. The highest BCUT2D eigenvalue weighted by atomic mass is 32.2. The number of guanidine groups is 1. The van der Waals surface area contributed by atoms with Crippen LogP contribution in [-0.4, -0.2) is 107 Å². The Balaban J connectivity index is 1.85. The number of sulfonamides is 1. The van der Waals surface area contributed by atoms with Gasteiger partial charge in [0.2, 0.25) is 39.6 Å². The monoisotopic (exact) mass is 920 g/mol. The van der Waals surface area contributed by atoms with Gasteiger partial charge in [-0.25, -0.2) is 8.42 Å². The molecule has 21 heteroatoms. The molecule has 5 amide bonds. The number of aromatic hydroxyl groups is 1. The molecule has 0 aliphatic heterocycles. The van der Waals surface area contributed by atoms with Crippen molar-refractivity contribution in [1.29, 1.82) is 0 Å². The summed E-state index contributed by atoms with van der Waals surface area (Å²) in [5.74, 6) is -3.90. The first-order valence-electron chi connectivity index (χ1n) is 21.2. The SMILES string of the molecule is CNC(=O)C(NC(=O)C(CC(C)C)NC(=O)C(C)NC(=O)C(CCCN=C(N)N)NC(=O)C(Cc1ccc(O)cc1)NS(=O)(=O)c1ccc(N=Nc2ccc(N(C)C)cc2)cc1)C(C)C. The van der Waals surface area contributed by atoms with Crippen LogP contribution >= 0.6 is 0 Å². The normalized spacial score (nSPS) is 13.8. The maximum Gasteiger partial charge on any atom is 0.243 e. The number of phenolic OH excluding ortho intramolecular Hbond substituents is 1. The van der Waals surface area contributed by atoms with Gasteiger partial charge >= 0.3 is 0 Å². The van der Waals surface area contributed by atoms with Gasteiger partial charge in [-0.15, -0.1) is 0 Å². The average Bonchev–Trinajstić information content (AvgIpc) is 3.25. The third-order valence-corrected chi connectivity index (χ3v) is 11.4. The molecule has 11 N–H and O–H groups in total. The predicted octanol–water partition coefficient (Wildman–Crippen LogP) is 2.22. The van der Waals surface area contributed by atoms with E-state index in [1.807, 2.05) is 45.0 Å². The van der Waals surface area contributed by atoms with Crippen LogP contribution in [-0.2, 0) is 40.4 Å². The van der Waals surface area contributed by atoms with Crippen LogP contribution < -0.4 is 47.7 Å². The lowest BCUT2D eigenvalue weighted by atomic mass is 9.99. The summed E-state index contributed by atoms with van der Waals surface area (Å²) >= 11 is 0. The number of azo groups is 1. The molecule has 0 aromatic heterocycles. The van der Waals surface area contributed by atoms with Crippen molar-refractivity contribution in [3.63, 3.8) is 0 Å². The Morgan fingerprint density at radius 2 is 1.23 bits per heavy atom. The predicted molar refractivity (Wildman–Crippen MR) is 249 cm³/mol. The van der Waals surface area contributed by atoms with Crippen LogP contribution in [0.3, 0.4) is 0 Å². The molecule has 3 rings (SSSR count). The number of carbonyl (C=O) groups is 5. The van der Waals surface area contributed by atoms with Gasteiger partial charge in [0.15, 0.2) is 5.96 Å². The summed E-state index contributed by atoms with van der Waals surface area (Å²) in [6.45, 7) is 8.74. The van der Waals surface area contributed by atoms with Crippen LogP contribution in [0.5, 0.6) is 5.75 Å². The summed E-state index contributed by atoms with van der Waals surface area (Å²) in [5.41, 5.74) is 13.4. The molecule has 0 bridgehead atoms. The molecule has 5 unspecified atom stereocenters. The molecule has 0 heterocycles. The molecule has 3 aromatic rings. The number of carbonyl (C=O) groups excluding carboxylic acids is 5. The molecule has 5 atom stereocenters. The molecular weight excluding hydrogens is 857 g/mol. The van der Waals surface area contributed by atoms with Gasteiger partial charge in [0.1, 0.15) is 36.0 Å². The van der Waals surface area contributed by atoms with Crippen molar-refractivity contribution in [3.05, 3.63) is 78.4 Å². The fourth-order valence-corrected chi connectivity index (χ4v) is 7.50. The van der Waals surface area contributed by atoms with Gasteiger partial charge in [-0.2, -0.15) is 15.0 Å². The minimum Gasteiger partial charge on any atom is -0.508 e. The lowest BCUT2D eigenvalue weighted by molar-refractivity contribution is -0.135. The molecule has 0 saturated heterocycles. The molecule has 0 radical (unpaired) electrons. The van der Waals surface area contributed by atoms with Crippen LogP contribution in [0.25, 0.3) is 0 Å². The molecule has 20 nitrogen and oxygen atoms in total. The third kappa shape index (κ3) is 17.5. The molecule has 354 valence electrons. The minimum atomic E-state index is -4.38. The Morgan fingerprint density at radius 3 is 1.75 bits per heavy atom. The Hall–Kier alpha value is -6.61. The number of aliphatic imine (C=N–C) groups is 1. The van der Waals surface area contributed by atoms with E-state index >= 15 is 0 Å². The molecule has 0 fully saturated rings. The summed E-state index contributed by atoms with van der Waals surface area (Å²) in [5, 5.41) is 31.4. The van der Waals surface area contributed by atoms with E-state index in [0.29, 0.717) is 16.9 Å². The maximum absolute atomic E-state index is 14.1. The van der Waals surface area contributed by atoms with Crippen LogP contribution in [0.1, 0.15) is 59.4 Å². The van der Waals surface area contributed by atoms with E-state index < -0.39 is 69.8 Å². The lowest BCUT2D eigenvalue weighted by Gasteiger charge is -2.27. The summed E-state index contributed by atoms with van der Waals surface area (Å²) in [4.78, 5) is 73.1. The zero-order valence-electron chi connectivity index (χ0n) is 38.2. The van der Waals surface area contributed by atoms with Crippen LogP contribution in [0, 0.1) is 11.8 Å². The standard InChI is InChI=1S/C44H64N12O8S/c1-26(2)24-36(41(60)52-38(27(3)4)43(62)47-6)51-39(58)28(5)49-40(59)35(10-9-23-48-44(45)46)50-42(61)37(25-29-11-19-33(57)20-12-29)55-65(63,64)34-21-15-31(16-22-34)54-53-30-13-17-32(18-14-30)56(7)8/h11-22,26-28,35-38,55,57H,9-10,23-25H2,1-8H3,(H,47,62)(H,49,59)(H,50,61)(H,51,58)(H,52,60)(H4,45,46,48). The Labute approximate surface area is 380 Å². The number of likely N-dealkylation sites (N-methyl/N-ethyl adjacent to an activating group) is 1. The first-order chi connectivity index (χ1) is 30.6. The van der Waals surface area contributed by atoms with Gasteiger partial charge in [-0.3, -0.25) is 29.0 Å². The fourth-order valence-electron chi connectivity index (χ4n) is 6.30. The quantitative estimate of drug-likeness (QED) is 0.0272. The van der Waals surface area contributed by atoms with Crippen molar-refractivity contribution >= 4 is 62.6 Å². The van der Waals surface area contributed by atoms with E-state index in [4.69, 9.17) is 11.5 Å². The number of rotatable bonds is 24. The molecule has 0 aliphatic rings. The van der Waals surface area contributed by atoms with Crippen LogP contribution in [0.4, 0.5) is 17.1 Å². The number of nitrogens with zero attached hydrogens (tertiary/aromatic N) is 4. The van der Waals surface area contributed by atoms with Gasteiger partial charge in [-0.05, 0) is 111 Å². The number of nitrogens with one attached hydrogen (secondary N) is 6. The van der Waals surface area contributed by atoms with Crippen LogP contribution in [0.15, 0.2) is 92.9 Å². The second-order valence-electron chi connectivity index (χ2n) is 16.4. The van der Waals surface area contributed by atoms with Crippen molar-refractivity contribution in [2.45, 2.75) is 95.4 Å². The molecule has 3 aromatic carbocycles. The molecule has 65 heavy (non-hydrogen) atoms. The fraction of sp³-hybridized carbons (Fsp3) is 0.455. The number of phenols is 1. The van der Waals surface area contributed by atoms with Crippen molar-refractivity contribution < 1.29 is 37.5 Å². The van der Waals surface area contributed by atoms with E-state index in [-0.39, 0.29) is 60.7 Å². The van der Waals surface area contributed by atoms with Gasteiger partial charge in [-0.1, -0.05) is 39.8 Å². The van der Waals surface area contributed by atoms with Gasteiger partial charge < -0.3 is 48.1 Å². The van der Waals surface area contributed by atoms with Crippen molar-refractivity contribution in [2.75, 3.05) is 32.6 Å². The number of amides is 5. The maximum atomic E-state index is 14.1.